The standard InChI is InChI=1S/C9H12N2/c1-4-5-9-8(7(2)3)6-10-11-9/h4-6H,2H2,1,3H3,(H,10,11)/b5-4-. The lowest BCUT2D eigenvalue weighted by Crippen LogP contribution is -1.78. The third-order valence-electron chi connectivity index (χ3n) is 1.46. The van der Waals surface area contributed by atoms with E-state index in [9.17, 15) is 0 Å². The molecule has 0 bridgehead atoms. The molecule has 0 fully saturated rings. The summed E-state index contributed by atoms with van der Waals surface area (Å²) in [4.78, 5) is 0. The summed E-state index contributed by atoms with van der Waals surface area (Å²) in [6.45, 7) is 7.79. The lowest BCUT2D eigenvalue weighted by molar-refractivity contribution is 1.08. The van der Waals surface area contributed by atoms with Gasteiger partial charge in [0.2, 0.25) is 0 Å². The molecule has 0 unspecified atom stereocenters. The van der Waals surface area contributed by atoms with Gasteiger partial charge in [-0.05, 0) is 25.5 Å². The van der Waals surface area contributed by atoms with E-state index >= 15 is 0 Å². The summed E-state index contributed by atoms with van der Waals surface area (Å²) in [6.07, 6.45) is 5.74. The van der Waals surface area contributed by atoms with Gasteiger partial charge in [0, 0.05) is 5.56 Å². The Hall–Kier alpha value is -1.31. The maximum atomic E-state index is 3.92. The molecule has 0 amide bonds. The predicted molar refractivity (Wildman–Crippen MR) is 48.0 cm³/mol. The summed E-state index contributed by atoms with van der Waals surface area (Å²) >= 11 is 0. The number of nitrogens with zero attached hydrogens (tertiary/aromatic N) is 1. The monoisotopic (exact) mass is 148 g/mol. The molecule has 0 spiro atoms. The molecule has 1 aromatic rings. The lowest BCUT2D eigenvalue weighted by Gasteiger charge is -1.94. The predicted octanol–water partition coefficient (Wildman–Crippen LogP) is 2.48. The lowest BCUT2D eigenvalue weighted by atomic mass is 10.1. The molecule has 0 saturated carbocycles. The van der Waals surface area contributed by atoms with Crippen molar-refractivity contribution in [1.82, 2.24) is 10.2 Å². The normalized spacial score (nSPS) is 10.7. The average molecular weight is 148 g/mol. The smallest absolute Gasteiger partial charge is 0.0649 e. The number of nitrogens with one attached hydrogen (secondary N) is 1. The minimum atomic E-state index is 1.03. The van der Waals surface area contributed by atoms with Gasteiger partial charge in [-0.1, -0.05) is 12.7 Å². The average Bonchev–Trinajstić information content (AvgIpc) is 2.36. The van der Waals surface area contributed by atoms with Gasteiger partial charge in [-0.3, -0.25) is 5.10 Å². The molecule has 1 heterocycles. The number of H-pyrrole nitrogens is 1. The highest BCUT2D eigenvalue weighted by molar-refractivity contribution is 5.69. The van der Waals surface area contributed by atoms with Crippen molar-refractivity contribution in [3.05, 3.63) is 30.1 Å². The van der Waals surface area contributed by atoms with Crippen LogP contribution >= 0.6 is 0 Å². The molecule has 11 heavy (non-hydrogen) atoms. The van der Waals surface area contributed by atoms with Gasteiger partial charge in [-0.25, -0.2) is 0 Å². The highest BCUT2D eigenvalue weighted by Gasteiger charge is 2.00. The summed E-state index contributed by atoms with van der Waals surface area (Å²) in [7, 11) is 0. The van der Waals surface area contributed by atoms with Crippen molar-refractivity contribution in [3.63, 3.8) is 0 Å². The van der Waals surface area contributed by atoms with E-state index in [1.54, 1.807) is 6.20 Å². The minimum Gasteiger partial charge on any atom is -0.278 e. The second kappa shape index (κ2) is 3.19. The van der Waals surface area contributed by atoms with Crippen molar-refractivity contribution < 1.29 is 0 Å². The molecule has 2 heteroatoms. The van der Waals surface area contributed by atoms with Crippen LogP contribution in [0.1, 0.15) is 25.1 Å². The SMILES string of the molecule is C=C(C)c1cn[nH]c1/C=C\C. The molecular weight excluding hydrogens is 136 g/mol. The highest BCUT2D eigenvalue weighted by atomic mass is 15.1. The van der Waals surface area contributed by atoms with Gasteiger partial charge in [0.25, 0.3) is 0 Å². The van der Waals surface area contributed by atoms with E-state index < -0.39 is 0 Å². The van der Waals surface area contributed by atoms with E-state index in [4.69, 9.17) is 0 Å². The first-order valence-electron chi connectivity index (χ1n) is 3.57. The summed E-state index contributed by atoms with van der Waals surface area (Å²) in [5.74, 6) is 0. The Labute approximate surface area is 66.6 Å². The quantitative estimate of drug-likeness (QED) is 0.685. The van der Waals surface area contributed by atoms with Gasteiger partial charge in [0.1, 0.15) is 0 Å². The highest BCUT2D eigenvalue weighted by Crippen LogP contribution is 2.15. The van der Waals surface area contributed by atoms with Crippen LogP contribution in [0.3, 0.4) is 0 Å². The van der Waals surface area contributed by atoms with Crippen LogP contribution in [-0.2, 0) is 0 Å². The molecule has 0 atom stereocenters. The zero-order valence-corrected chi connectivity index (χ0v) is 6.89. The fraction of sp³-hybridized carbons (Fsp3) is 0.222. The molecule has 0 aliphatic rings. The van der Waals surface area contributed by atoms with E-state index in [1.807, 2.05) is 26.0 Å². The Balaban J connectivity index is 3.05. The number of aromatic nitrogens is 2. The number of allylic oxidation sites excluding steroid dienone is 2. The van der Waals surface area contributed by atoms with Crippen molar-refractivity contribution in [2.45, 2.75) is 13.8 Å². The minimum absolute atomic E-state index is 1.03. The number of rotatable bonds is 2. The van der Waals surface area contributed by atoms with Crippen LogP contribution in [0.5, 0.6) is 0 Å². The maximum absolute atomic E-state index is 3.92. The van der Waals surface area contributed by atoms with Crippen LogP contribution < -0.4 is 0 Å². The molecule has 0 aromatic carbocycles. The fourth-order valence-corrected chi connectivity index (χ4v) is 0.930. The molecule has 0 saturated heterocycles. The van der Waals surface area contributed by atoms with Crippen molar-refractivity contribution in [3.8, 4) is 0 Å². The molecule has 1 aromatic heterocycles. The number of aromatic amines is 1. The van der Waals surface area contributed by atoms with Gasteiger partial charge in [-0.2, -0.15) is 5.10 Å². The van der Waals surface area contributed by atoms with Crippen LogP contribution in [0.4, 0.5) is 0 Å². The third-order valence-corrected chi connectivity index (χ3v) is 1.46. The molecule has 0 radical (unpaired) electrons. The summed E-state index contributed by atoms with van der Waals surface area (Å²) in [6, 6.07) is 0. The van der Waals surface area contributed by atoms with Gasteiger partial charge in [0.05, 0.1) is 11.9 Å². The van der Waals surface area contributed by atoms with Crippen LogP contribution in [0, 0.1) is 0 Å². The molecule has 1 rings (SSSR count). The van der Waals surface area contributed by atoms with Gasteiger partial charge < -0.3 is 0 Å². The van der Waals surface area contributed by atoms with Gasteiger partial charge in [-0.15, -0.1) is 0 Å². The third kappa shape index (κ3) is 1.58. The molecule has 0 aliphatic heterocycles. The van der Waals surface area contributed by atoms with Crippen molar-refractivity contribution in [2.75, 3.05) is 0 Å². The van der Waals surface area contributed by atoms with E-state index in [2.05, 4.69) is 16.8 Å². The molecule has 1 N–H and O–H groups in total. The summed E-state index contributed by atoms with van der Waals surface area (Å²) in [5.41, 5.74) is 3.15. The zero-order chi connectivity index (χ0) is 8.27. The molecule has 0 aliphatic carbocycles. The van der Waals surface area contributed by atoms with E-state index in [0.717, 1.165) is 16.8 Å². The Kier molecular flexibility index (Phi) is 2.26. The largest absolute Gasteiger partial charge is 0.278 e. The van der Waals surface area contributed by atoms with Gasteiger partial charge >= 0.3 is 0 Å². The maximum Gasteiger partial charge on any atom is 0.0649 e. The van der Waals surface area contributed by atoms with Crippen LogP contribution in [0.25, 0.3) is 11.6 Å². The van der Waals surface area contributed by atoms with Crippen molar-refractivity contribution >= 4 is 11.6 Å². The first-order chi connectivity index (χ1) is 5.25. The topological polar surface area (TPSA) is 28.7 Å². The fourth-order valence-electron chi connectivity index (χ4n) is 0.930. The molecule has 58 valence electrons. The van der Waals surface area contributed by atoms with Crippen LogP contribution in [0.15, 0.2) is 18.9 Å². The van der Waals surface area contributed by atoms with E-state index in [-0.39, 0.29) is 0 Å². The summed E-state index contributed by atoms with van der Waals surface area (Å²) < 4.78 is 0. The Morgan fingerprint density at radius 1 is 1.73 bits per heavy atom. The second-order valence-corrected chi connectivity index (χ2v) is 2.48. The Bertz CT molecular complexity index is 282. The first kappa shape index (κ1) is 7.79. The van der Waals surface area contributed by atoms with Crippen molar-refractivity contribution in [2.24, 2.45) is 0 Å². The Morgan fingerprint density at radius 2 is 2.45 bits per heavy atom. The molecular formula is C9H12N2. The van der Waals surface area contributed by atoms with E-state index in [0.29, 0.717) is 0 Å². The van der Waals surface area contributed by atoms with Crippen LogP contribution in [0.2, 0.25) is 0 Å². The number of hydrogen-bond donors (Lipinski definition) is 1. The summed E-state index contributed by atoms with van der Waals surface area (Å²) in [5, 5.41) is 6.82. The molecule has 2 nitrogen and oxygen atoms in total. The zero-order valence-electron chi connectivity index (χ0n) is 6.89. The van der Waals surface area contributed by atoms with E-state index in [1.165, 1.54) is 0 Å². The number of hydrogen-bond acceptors (Lipinski definition) is 1. The van der Waals surface area contributed by atoms with Crippen LogP contribution in [-0.4, -0.2) is 10.2 Å². The van der Waals surface area contributed by atoms with Crippen molar-refractivity contribution in [1.29, 1.82) is 0 Å². The second-order valence-electron chi connectivity index (χ2n) is 2.48. The van der Waals surface area contributed by atoms with Gasteiger partial charge in [0.15, 0.2) is 0 Å². The Morgan fingerprint density at radius 3 is 3.00 bits per heavy atom. The first-order valence-corrected chi connectivity index (χ1v) is 3.57.